The van der Waals surface area contributed by atoms with E-state index in [0.717, 1.165) is 6.92 Å². The van der Waals surface area contributed by atoms with E-state index in [9.17, 15) is 24.0 Å². The highest BCUT2D eigenvalue weighted by molar-refractivity contribution is 5.73. The van der Waals surface area contributed by atoms with Crippen LogP contribution in [0.3, 0.4) is 0 Å². The van der Waals surface area contributed by atoms with Crippen molar-refractivity contribution in [2.45, 2.75) is 65.4 Å². The minimum atomic E-state index is -1.18. The molecular weight excluding hydrogens is 362 g/mol. The average molecular weight is 387 g/mol. The molecule has 10 nitrogen and oxygen atoms in total. The molecule has 27 heavy (non-hydrogen) atoms. The van der Waals surface area contributed by atoms with Crippen LogP contribution in [-0.4, -0.2) is 60.7 Å². The second-order valence-corrected chi connectivity index (χ2v) is 6.33. The molecule has 0 aromatic heterocycles. The average Bonchev–Trinajstić information content (AvgIpc) is 2.49. The largest absolute Gasteiger partial charge is 0.465 e. The summed E-state index contributed by atoms with van der Waals surface area (Å²) in [7, 11) is 0. The Kier molecular flexibility index (Phi) is 8.20. The van der Waals surface area contributed by atoms with Gasteiger partial charge in [0.25, 0.3) is 0 Å². The highest BCUT2D eigenvalue weighted by atomic mass is 16.6. The molecule has 1 aliphatic carbocycles. The van der Waals surface area contributed by atoms with Gasteiger partial charge in [-0.05, 0) is 6.42 Å². The van der Waals surface area contributed by atoms with Crippen LogP contribution in [0.2, 0.25) is 0 Å². The summed E-state index contributed by atoms with van der Waals surface area (Å²) in [6.45, 7) is 5.87. The monoisotopic (exact) mass is 387 g/mol. The molecule has 0 aromatic rings. The number of ether oxygens (including phenoxy) is 4. The molecule has 152 valence electrons. The quantitative estimate of drug-likeness (QED) is 0.488. The summed E-state index contributed by atoms with van der Waals surface area (Å²) in [5, 5.41) is 2.64. The van der Waals surface area contributed by atoms with Crippen LogP contribution < -0.4 is 5.32 Å². The van der Waals surface area contributed by atoms with Gasteiger partial charge in [-0.15, -0.1) is 0 Å². The molecule has 0 aromatic carbocycles. The van der Waals surface area contributed by atoms with E-state index in [1.54, 1.807) is 0 Å². The first-order valence-corrected chi connectivity index (χ1v) is 8.43. The predicted molar refractivity (Wildman–Crippen MR) is 89.0 cm³/mol. The first-order chi connectivity index (χ1) is 12.5. The van der Waals surface area contributed by atoms with Gasteiger partial charge in [-0.2, -0.15) is 0 Å². The zero-order valence-electron chi connectivity index (χ0n) is 16.0. The molecule has 0 heterocycles. The summed E-state index contributed by atoms with van der Waals surface area (Å²) in [6, 6.07) is -0.733. The van der Waals surface area contributed by atoms with Crippen LogP contribution in [0, 0.1) is 5.92 Å². The molecule has 10 heteroatoms. The van der Waals surface area contributed by atoms with Gasteiger partial charge in [0.15, 0.2) is 12.2 Å². The lowest BCUT2D eigenvalue weighted by molar-refractivity contribution is -0.203. The van der Waals surface area contributed by atoms with Gasteiger partial charge in [0, 0.05) is 40.5 Å². The van der Waals surface area contributed by atoms with Crippen LogP contribution in [-0.2, 0) is 42.9 Å². The highest BCUT2D eigenvalue weighted by Gasteiger charge is 2.51. The molecule has 5 atom stereocenters. The van der Waals surface area contributed by atoms with E-state index < -0.39 is 60.1 Å². The third kappa shape index (κ3) is 7.24. The molecule has 1 amide bonds. The fraction of sp³-hybridized carbons (Fsp3) is 0.706. The predicted octanol–water partition coefficient (Wildman–Crippen LogP) is -0.131. The molecule has 1 fully saturated rings. The van der Waals surface area contributed by atoms with E-state index in [0.29, 0.717) is 0 Å². The Morgan fingerprint density at radius 3 is 1.67 bits per heavy atom. The number of nitrogens with one attached hydrogen (secondary N) is 1. The number of esters is 4. The van der Waals surface area contributed by atoms with Crippen LogP contribution in [0.15, 0.2) is 0 Å². The topological polar surface area (TPSA) is 134 Å². The lowest BCUT2D eigenvalue weighted by Crippen LogP contribution is -2.62. The van der Waals surface area contributed by atoms with Gasteiger partial charge < -0.3 is 24.3 Å². The lowest BCUT2D eigenvalue weighted by Gasteiger charge is -2.44. The normalized spacial score (nSPS) is 27.1. The molecule has 0 bridgehead atoms. The van der Waals surface area contributed by atoms with Crippen molar-refractivity contribution >= 4 is 29.8 Å². The standard InChI is InChI=1S/C17H25NO9/c1-8(19)18-14-6-13(7-24-9(2)20)15(25-10(3)21)17(27-12(5)23)16(14)26-11(4)22/h13-17H,6-7H2,1-5H3,(H,18,19)/t13-,14+,15-,16-,17+/m1/s1. The van der Waals surface area contributed by atoms with E-state index in [4.69, 9.17) is 18.9 Å². The second kappa shape index (κ2) is 9.89. The van der Waals surface area contributed by atoms with Crippen molar-refractivity contribution in [3.8, 4) is 0 Å². The summed E-state index contributed by atoms with van der Waals surface area (Å²) in [5.41, 5.74) is 0. The smallest absolute Gasteiger partial charge is 0.303 e. The molecule has 1 N–H and O–H groups in total. The third-order valence-corrected chi connectivity index (χ3v) is 3.86. The van der Waals surface area contributed by atoms with Crippen LogP contribution in [0.1, 0.15) is 41.0 Å². The number of hydrogen-bond acceptors (Lipinski definition) is 9. The summed E-state index contributed by atoms with van der Waals surface area (Å²) < 4.78 is 20.9. The van der Waals surface area contributed by atoms with Gasteiger partial charge in [-0.3, -0.25) is 24.0 Å². The van der Waals surface area contributed by atoms with E-state index in [1.807, 2.05) is 0 Å². The molecule has 0 unspecified atom stereocenters. The lowest BCUT2D eigenvalue weighted by atomic mass is 9.79. The third-order valence-electron chi connectivity index (χ3n) is 3.86. The van der Waals surface area contributed by atoms with Crippen LogP contribution in [0.4, 0.5) is 0 Å². The van der Waals surface area contributed by atoms with Gasteiger partial charge in [0.1, 0.15) is 6.10 Å². The van der Waals surface area contributed by atoms with Crippen LogP contribution in [0.5, 0.6) is 0 Å². The zero-order chi connectivity index (χ0) is 20.7. The first-order valence-electron chi connectivity index (χ1n) is 8.43. The van der Waals surface area contributed by atoms with Crippen molar-refractivity contribution in [2.24, 2.45) is 5.92 Å². The van der Waals surface area contributed by atoms with Crippen molar-refractivity contribution in [3.63, 3.8) is 0 Å². The maximum atomic E-state index is 11.6. The highest BCUT2D eigenvalue weighted by Crippen LogP contribution is 2.33. The van der Waals surface area contributed by atoms with E-state index in [1.165, 1.54) is 27.7 Å². The van der Waals surface area contributed by atoms with E-state index in [-0.39, 0.29) is 13.0 Å². The van der Waals surface area contributed by atoms with Gasteiger partial charge in [-0.1, -0.05) is 0 Å². The van der Waals surface area contributed by atoms with Gasteiger partial charge in [0.05, 0.1) is 12.6 Å². The summed E-state index contributed by atoms with van der Waals surface area (Å²) in [6.07, 6.45) is -3.12. The Bertz CT molecular complexity index is 603. The molecule has 0 radical (unpaired) electrons. The molecule has 1 saturated carbocycles. The summed E-state index contributed by atoms with van der Waals surface area (Å²) in [4.78, 5) is 57.5. The second-order valence-electron chi connectivity index (χ2n) is 6.33. The van der Waals surface area contributed by atoms with E-state index >= 15 is 0 Å². The van der Waals surface area contributed by atoms with Crippen LogP contribution >= 0.6 is 0 Å². The van der Waals surface area contributed by atoms with Gasteiger partial charge >= 0.3 is 23.9 Å². The van der Waals surface area contributed by atoms with Gasteiger partial charge in [-0.25, -0.2) is 0 Å². The minimum absolute atomic E-state index is 0.131. The fourth-order valence-electron chi connectivity index (χ4n) is 3.09. The van der Waals surface area contributed by atoms with Crippen LogP contribution in [0.25, 0.3) is 0 Å². The summed E-state index contributed by atoms with van der Waals surface area (Å²) in [5.74, 6) is -3.53. The number of hydrogen-bond donors (Lipinski definition) is 1. The van der Waals surface area contributed by atoms with Crippen molar-refractivity contribution in [1.82, 2.24) is 5.32 Å². The number of carbonyl (C=O) groups is 5. The fourth-order valence-corrected chi connectivity index (χ4v) is 3.09. The van der Waals surface area contributed by atoms with E-state index in [2.05, 4.69) is 5.32 Å². The maximum Gasteiger partial charge on any atom is 0.303 e. The molecular formula is C17H25NO9. The first kappa shape index (κ1) is 22.4. The Morgan fingerprint density at radius 2 is 1.22 bits per heavy atom. The SMILES string of the molecule is CC(=O)N[C@H]1C[C@H](COC(C)=O)[C@@H](OC(C)=O)[C@H](OC(C)=O)[C@@H]1OC(C)=O. The molecule has 0 aliphatic heterocycles. The van der Waals surface area contributed by atoms with Crippen molar-refractivity contribution < 1.29 is 42.9 Å². The van der Waals surface area contributed by atoms with Crippen molar-refractivity contribution in [1.29, 1.82) is 0 Å². The minimum Gasteiger partial charge on any atom is -0.465 e. The molecule has 0 saturated heterocycles. The molecule has 1 aliphatic rings. The van der Waals surface area contributed by atoms with Gasteiger partial charge in [0.2, 0.25) is 5.91 Å². The number of amides is 1. The Labute approximate surface area is 156 Å². The molecule has 0 spiro atoms. The molecule has 1 rings (SSSR count). The van der Waals surface area contributed by atoms with Crippen molar-refractivity contribution in [2.75, 3.05) is 6.61 Å². The zero-order valence-corrected chi connectivity index (χ0v) is 16.0. The summed E-state index contributed by atoms with van der Waals surface area (Å²) >= 11 is 0. The van der Waals surface area contributed by atoms with Crippen molar-refractivity contribution in [3.05, 3.63) is 0 Å². The Hall–Kier alpha value is -2.65. The number of carbonyl (C=O) groups excluding carboxylic acids is 5. The maximum absolute atomic E-state index is 11.6. The number of rotatable bonds is 6. The Morgan fingerprint density at radius 1 is 0.741 bits per heavy atom. The Balaban J connectivity index is 3.29.